The van der Waals surface area contributed by atoms with Gasteiger partial charge in [-0.05, 0) is 47.8 Å². The lowest BCUT2D eigenvalue weighted by Crippen LogP contribution is -2.21. The highest BCUT2D eigenvalue weighted by molar-refractivity contribution is 8.16. The molecule has 2 aliphatic rings. The summed E-state index contributed by atoms with van der Waals surface area (Å²) in [6, 6.07) is 16.0. The van der Waals surface area contributed by atoms with Crippen molar-refractivity contribution >= 4 is 41.2 Å². The van der Waals surface area contributed by atoms with Crippen molar-refractivity contribution in [2.45, 2.75) is 11.0 Å². The molecule has 25 heavy (non-hydrogen) atoms. The molecule has 1 saturated heterocycles. The first kappa shape index (κ1) is 16.6. The molecular weight excluding hydrogens is 350 g/mol. The molecule has 0 unspecified atom stereocenters. The number of hydrogen-bond donors (Lipinski definition) is 1. The predicted molar refractivity (Wildman–Crippen MR) is 107 cm³/mol. The Bertz CT molecular complexity index is 813. The highest BCUT2D eigenvalue weighted by Gasteiger charge is 2.19. The van der Waals surface area contributed by atoms with Crippen LogP contribution in [-0.4, -0.2) is 24.0 Å². The molecule has 2 aromatic carbocycles. The molecule has 0 aliphatic carbocycles. The summed E-state index contributed by atoms with van der Waals surface area (Å²) in [5.41, 5.74) is 3.70. The second-order valence-electron chi connectivity index (χ2n) is 6.00. The number of fused-ring (bicyclic) bond motifs is 1. The van der Waals surface area contributed by atoms with Crippen LogP contribution in [0.25, 0.3) is 6.08 Å². The zero-order valence-electron chi connectivity index (χ0n) is 13.7. The summed E-state index contributed by atoms with van der Waals surface area (Å²) < 4.78 is 6.15. The van der Waals surface area contributed by atoms with E-state index in [2.05, 4.69) is 17.4 Å². The Kier molecular flexibility index (Phi) is 5.04. The van der Waals surface area contributed by atoms with Crippen molar-refractivity contribution in [1.29, 1.82) is 0 Å². The van der Waals surface area contributed by atoms with Gasteiger partial charge in [0.05, 0.1) is 10.2 Å². The molecule has 128 valence electrons. The maximum atomic E-state index is 12.6. The van der Waals surface area contributed by atoms with Gasteiger partial charge in [0.15, 0.2) is 0 Å². The van der Waals surface area contributed by atoms with Crippen molar-refractivity contribution in [3.8, 4) is 5.75 Å². The van der Waals surface area contributed by atoms with Crippen molar-refractivity contribution in [2.75, 3.05) is 23.4 Å². The van der Waals surface area contributed by atoms with E-state index in [1.165, 1.54) is 23.5 Å². The molecule has 0 bridgehead atoms. The van der Waals surface area contributed by atoms with Crippen molar-refractivity contribution in [1.82, 2.24) is 0 Å². The van der Waals surface area contributed by atoms with E-state index in [1.54, 1.807) is 0 Å². The largest absolute Gasteiger partial charge is 0.488 e. The average Bonchev–Trinajstić information content (AvgIpc) is 2.68. The smallest absolute Gasteiger partial charge is 0.255 e. The van der Waals surface area contributed by atoms with Crippen LogP contribution in [0.3, 0.4) is 0 Å². The Morgan fingerprint density at radius 2 is 1.92 bits per heavy atom. The van der Waals surface area contributed by atoms with Crippen LogP contribution in [0.15, 0.2) is 54.1 Å². The SMILES string of the molecule is O=C(Nc1cccc(C2SCCCS2)c1)C1=Cc2ccccc2OC1. The number of ether oxygens (including phenoxy) is 1. The van der Waals surface area contributed by atoms with Gasteiger partial charge in [-0.2, -0.15) is 0 Å². The lowest BCUT2D eigenvalue weighted by atomic mass is 10.1. The van der Waals surface area contributed by atoms with Crippen LogP contribution in [-0.2, 0) is 4.79 Å². The zero-order chi connectivity index (χ0) is 17.1. The molecule has 3 nitrogen and oxygen atoms in total. The molecular formula is C20H19NO2S2. The van der Waals surface area contributed by atoms with Crippen LogP contribution in [0.2, 0.25) is 0 Å². The molecule has 4 rings (SSSR count). The highest BCUT2D eigenvalue weighted by Crippen LogP contribution is 2.44. The van der Waals surface area contributed by atoms with Gasteiger partial charge in [-0.15, -0.1) is 23.5 Å². The topological polar surface area (TPSA) is 38.3 Å². The number of para-hydroxylation sites is 1. The molecule has 0 spiro atoms. The number of benzene rings is 2. The highest BCUT2D eigenvalue weighted by atomic mass is 32.2. The molecule has 2 aromatic rings. The molecule has 0 atom stereocenters. The van der Waals surface area contributed by atoms with Crippen molar-refractivity contribution < 1.29 is 9.53 Å². The fourth-order valence-corrected chi connectivity index (χ4v) is 5.78. The summed E-state index contributed by atoms with van der Waals surface area (Å²) >= 11 is 3.97. The maximum Gasteiger partial charge on any atom is 0.255 e. The van der Waals surface area contributed by atoms with Crippen LogP contribution in [0.5, 0.6) is 5.75 Å². The van der Waals surface area contributed by atoms with Crippen LogP contribution in [0.1, 0.15) is 22.1 Å². The Balaban J connectivity index is 1.49. The summed E-state index contributed by atoms with van der Waals surface area (Å²) in [6.07, 6.45) is 3.18. The van der Waals surface area contributed by atoms with E-state index in [0.29, 0.717) is 16.8 Å². The van der Waals surface area contributed by atoms with Crippen molar-refractivity contribution in [3.05, 3.63) is 65.2 Å². The number of rotatable bonds is 3. The lowest BCUT2D eigenvalue weighted by molar-refractivity contribution is -0.113. The summed E-state index contributed by atoms with van der Waals surface area (Å²) in [5.74, 6) is 3.14. The summed E-state index contributed by atoms with van der Waals surface area (Å²) in [5, 5.41) is 3.02. The minimum Gasteiger partial charge on any atom is -0.488 e. The molecule has 1 fully saturated rings. The van der Waals surface area contributed by atoms with Crippen LogP contribution < -0.4 is 10.1 Å². The third kappa shape index (κ3) is 3.88. The van der Waals surface area contributed by atoms with E-state index in [9.17, 15) is 4.79 Å². The molecule has 0 aromatic heterocycles. The lowest BCUT2D eigenvalue weighted by Gasteiger charge is -2.22. The van der Waals surface area contributed by atoms with E-state index < -0.39 is 0 Å². The molecule has 2 aliphatic heterocycles. The first-order valence-corrected chi connectivity index (χ1v) is 10.5. The van der Waals surface area contributed by atoms with E-state index >= 15 is 0 Å². The van der Waals surface area contributed by atoms with Gasteiger partial charge in [-0.3, -0.25) is 4.79 Å². The predicted octanol–water partition coefficient (Wildman–Crippen LogP) is 4.97. The van der Waals surface area contributed by atoms with E-state index in [1.807, 2.05) is 66.0 Å². The number of hydrogen-bond acceptors (Lipinski definition) is 4. The van der Waals surface area contributed by atoms with Gasteiger partial charge in [0.1, 0.15) is 12.4 Å². The minimum atomic E-state index is -0.101. The average molecular weight is 370 g/mol. The standard InChI is InChI=1S/C20H19NO2S2/c22-19(16-11-14-5-1-2-8-18(14)23-13-16)21-17-7-3-6-15(12-17)20-24-9-4-10-25-20/h1-3,5-8,11-12,20H,4,9-10,13H2,(H,21,22). The monoisotopic (exact) mass is 369 g/mol. The maximum absolute atomic E-state index is 12.6. The number of anilines is 1. The third-order valence-corrected chi connectivity index (χ3v) is 7.18. The third-order valence-electron chi connectivity index (χ3n) is 4.17. The summed E-state index contributed by atoms with van der Waals surface area (Å²) in [4.78, 5) is 12.6. The van der Waals surface area contributed by atoms with Crippen LogP contribution >= 0.6 is 23.5 Å². The Hall–Kier alpha value is -1.85. The molecule has 0 radical (unpaired) electrons. The van der Waals surface area contributed by atoms with Gasteiger partial charge in [-0.1, -0.05) is 30.3 Å². The quantitative estimate of drug-likeness (QED) is 0.829. The Morgan fingerprint density at radius 1 is 1.08 bits per heavy atom. The normalized spacial score (nSPS) is 17.2. The molecule has 1 amide bonds. The fraction of sp³-hybridized carbons (Fsp3) is 0.250. The zero-order valence-corrected chi connectivity index (χ0v) is 15.4. The van der Waals surface area contributed by atoms with E-state index in [-0.39, 0.29) is 5.91 Å². The van der Waals surface area contributed by atoms with Crippen LogP contribution in [0, 0.1) is 0 Å². The number of thioether (sulfide) groups is 2. The van der Waals surface area contributed by atoms with Gasteiger partial charge in [-0.25, -0.2) is 0 Å². The van der Waals surface area contributed by atoms with Gasteiger partial charge >= 0.3 is 0 Å². The number of amides is 1. The molecule has 2 heterocycles. The van der Waals surface area contributed by atoms with Crippen molar-refractivity contribution in [3.63, 3.8) is 0 Å². The van der Waals surface area contributed by atoms with Gasteiger partial charge in [0.25, 0.3) is 5.91 Å². The number of nitrogens with one attached hydrogen (secondary N) is 1. The summed E-state index contributed by atoms with van der Waals surface area (Å²) in [6.45, 7) is 0.302. The Labute approximate surface area is 156 Å². The van der Waals surface area contributed by atoms with Gasteiger partial charge in [0, 0.05) is 11.3 Å². The first-order chi connectivity index (χ1) is 12.3. The second-order valence-corrected chi connectivity index (χ2v) is 8.73. The van der Waals surface area contributed by atoms with Crippen molar-refractivity contribution in [2.24, 2.45) is 0 Å². The van der Waals surface area contributed by atoms with Gasteiger partial charge < -0.3 is 10.1 Å². The van der Waals surface area contributed by atoms with E-state index in [4.69, 9.17) is 4.74 Å². The number of carbonyl (C=O) groups is 1. The fourth-order valence-electron chi connectivity index (χ4n) is 2.90. The molecule has 5 heteroatoms. The molecule has 0 saturated carbocycles. The second kappa shape index (κ2) is 7.58. The first-order valence-electron chi connectivity index (χ1n) is 8.36. The number of carbonyl (C=O) groups excluding carboxylic acids is 1. The molecule has 1 N–H and O–H groups in total. The summed E-state index contributed by atoms with van der Waals surface area (Å²) in [7, 11) is 0. The minimum absolute atomic E-state index is 0.101. The van der Waals surface area contributed by atoms with E-state index in [0.717, 1.165) is 17.0 Å². The van der Waals surface area contributed by atoms with Crippen LogP contribution in [0.4, 0.5) is 5.69 Å². The Morgan fingerprint density at radius 3 is 2.80 bits per heavy atom. The van der Waals surface area contributed by atoms with Gasteiger partial charge in [0.2, 0.25) is 0 Å².